The average Bonchev–Trinajstić information content (AvgIpc) is 2.40. The molecule has 5 nitrogen and oxygen atoms in total. The molecule has 0 aliphatic carbocycles. The predicted octanol–water partition coefficient (Wildman–Crippen LogP) is -2.70. The number of carbonyl (C=O) groups is 2. The number of carbonyl (C=O) groups excluding carboxylic acids is 2. The van der Waals surface area contributed by atoms with Crippen LogP contribution in [0.25, 0.3) is 0 Å². The van der Waals surface area contributed by atoms with Crippen molar-refractivity contribution in [3.8, 4) is 0 Å². The lowest BCUT2D eigenvalue weighted by molar-refractivity contribution is -0.129. The summed E-state index contributed by atoms with van der Waals surface area (Å²) < 4.78 is 0. The summed E-state index contributed by atoms with van der Waals surface area (Å²) in [5.74, 6) is -1.40. The number of nitrogens with one attached hydrogen (secondary N) is 1. The number of amides is 2. The molecule has 0 radical (unpaired) electrons. The van der Waals surface area contributed by atoms with Gasteiger partial charge in [0.2, 0.25) is 11.8 Å². The maximum Gasteiger partial charge on any atom is 0.248 e. The van der Waals surface area contributed by atoms with Gasteiger partial charge in [-0.25, -0.2) is 0 Å². The lowest BCUT2D eigenvalue weighted by atomic mass is 10.1. The van der Waals surface area contributed by atoms with E-state index in [1.807, 2.05) is 0 Å². The van der Waals surface area contributed by atoms with Crippen LogP contribution in [0.5, 0.6) is 0 Å². The molecule has 50 valence electrons. The van der Waals surface area contributed by atoms with Crippen molar-refractivity contribution in [3.63, 3.8) is 0 Å². The molecule has 1 aliphatic heterocycles. The van der Waals surface area contributed by atoms with Crippen LogP contribution in [0.1, 0.15) is 0 Å². The molecule has 1 saturated heterocycles. The quantitative estimate of drug-likeness (QED) is 0.279. The summed E-state index contributed by atoms with van der Waals surface area (Å²) in [6, 6.07) is 0. The van der Waals surface area contributed by atoms with Crippen molar-refractivity contribution in [1.29, 1.82) is 0 Å². The highest BCUT2D eigenvalue weighted by Gasteiger charge is 2.54. The van der Waals surface area contributed by atoms with Crippen molar-refractivity contribution >= 4 is 11.8 Å². The molecule has 1 heterocycles. The summed E-state index contributed by atoms with van der Waals surface area (Å²) in [5, 5.41) is 2.50. The Hall–Kier alpha value is -1.10. The zero-order valence-electron chi connectivity index (χ0n) is 4.68. The Morgan fingerprint density at radius 1 is 1.33 bits per heavy atom. The number of primary amides is 2. The molecule has 0 aromatic carbocycles. The Labute approximate surface area is 51.4 Å². The first kappa shape index (κ1) is 6.03. The van der Waals surface area contributed by atoms with Crippen LogP contribution in [0.2, 0.25) is 0 Å². The summed E-state index contributed by atoms with van der Waals surface area (Å²) in [6.45, 7) is 0.275. The SMILES string of the molecule is NC(=O)C1(C(N)=O)CN1. The van der Waals surface area contributed by atoms with E-state index in [0.29, 0.717) is 0 Å². The van der Waals surface area contributed by atoms with Crippen LogP contribution < -0.4 is 16.8 Å². The Balaban J connectivity index is 2.75. The van der Waals surface area contributed by atoms with Gasteiger partial charge in [-0.2, -0.15) is 0 Å². The van der Waals surface area contributed by atoms with Gasteiger partial charge in [-0.1, -0.05) is 0 Å². The van der Waals surface area contributed by atoms with Crippen molar-refractivity contribution in [2.24, 2.45) is 11.5 Å². The molecule has 0 spiro atoms. The van der Waals surface area contributed by atoms with E-state index in [0.717, 1.165) is 0 Å². The average molecular weight is 129 g/mol. The Bertz CT molecular complexity index is 157. The summed E-state index contributed by atoms with van der Waals surface area (Å²) in [7, 11) is 0. The van der Waals surface area contributed by atoms with Gasteiger partial charge in [-0.15, -0.1) is 0 Å². The monoisotopic (exact) mass is 129 g/mol. The van der Waals surface area contributed by atoms with Gasteiger partial charge in [0.05, 0.1) is 0 Å². The molecule has 0 aromatic heterocycles. The first-order chi connectivity index (χ1) is 4.09. The molecule has 2 amide bonds. The van der Waals surface area contributed by atoms with Gasteiger partial charge in [-0.3, -0.25) is 14.9 Å². The van der Waals surface area contributed by atoms with Crippen LogP contribution in [-0.4, -0.2) is 23.9 Å². The van der Waals surface area contributed by atoms with Gasteiger partial charge in [0, 0.05) is 6.54 Å². The van der Waals surface area contributed by atoms with Crippen molar-refractivity contribution in [2.45, 2.75) is 5.54 Å². The molecule has 9 heavy (non-hydrogen) atoms. The second-order valence-electron chi connectivity index (χ2n) is 1.99. The number of nitrogens with two attached hydrogens (primary N) is 2. The minimum absolute atomic E-state index is 0.275. The molecular weight excluding hydrogens is 122 g/mol. The maximum atomic E-state index is 10.4. The molecular formula is C4H7N3O2. The van der Waals surface area contributed by atoms with Crippen LogP contribution in [0.15, 0.2) is 0 Å². The largest absolute Gasteiger partial charge is 0.368 e. The first-order valence-corrected chi connectivity index (χ1v) is 2.44. The zero-order valence-corrected chi connectivity index (χ0v) is 4.68. The number of hydrogen-bond donors (Lipinski definition) is 3. The van der Waals surface area contributed by atoms with E-state index in [2.05, 4.69) is 5.32 Å². The van der Waals surface area contributed by atoms with Crippen molar-refractivity contribution in [3.05, 3.63) is 0 Å². The standard InChI is InChI=1S/C4H7N3O2/c5-2(8)4(1-7-4)3(6)9/h7H,1H2,(H2,5,8)(H2,6,9). The highest BCUT2D eigenvalue weighted by atomic mass is 16.2. The van der Waals surface area contributed by atoms with Gasteiger partial charge in [0.25, 0.3) is 0 Å². The van der Waals surface area contributed by atoms with Crippen molar-refractivity contribution in [2.75, 3.05) is 6.54 Å². The molecule has 5 N–H and O–H groups in total. The predicted molar refractivity (Wildman–Crippen MR) is 29.1 cm³/mol. The van der Waals surface area contributed by atoms with Gasteiger partial charge >= 0.3 is 0 Å². The van der Waals surface area contributed by atoms with E-state index >= 15 is 0 Å². The van der Waals surface area contributed by atoms with E-state index in [4.69, 9.17) is 11.5 Å². The van der Waals surface area contributed by atoms with E-state index in [1.165, 1.54) is 0 Å². The van der Waals surface area contributed by atoms with Crippen LogP contribution in [0.4, 0.5) is 0 Å². The highest BCUT2D eigenvalue weighted by Crippen LogP contribution is 2.14. The fraction of sp³-hybridized carbons (Fsp3) is 0.500. The van der Waals surface area contributed by atoms with Gasteiger partial charge in [-0.05, 0) is 0 Å². The maximum absolute atomic E-state index is 10.4. The smallest absolute Gasteiger partial charge is 0.248 e. The topological polar surface area (TPSA) is 108 Å². The number of hydrogen-bond acceptors (Lipinski definition) is 3. The third kappa shape index (κ3) is 0.655. The lowest BCUT2D eigenvalue weighted by Gasteiger charge is -2.00. The third-order valence-corrected chi connectivity index (χ3v) is 1.37. The summed E-state index contributed by atoms with van der Waals surface area (Å²) in [4.78, 5) is 20.8. The van der Waals surface area contributed by atoms with E-state index < -0.39 is 17.4 Å². The Morgan fingerprint density at radius 3 is 1.67 bits per heavy atom. The second-order valence-corrected chi connectivity index (χ2v) is 1.99. The van der Waals surface area contributed by atoms with Crippen molar-refractivity contribution < 1.29 is 9.59 Å². The molecule has 5 heteroatoms. The normalized spacial score (nSPS) is 20.9. The van der Waals surface area contributed by atoms with Crippen LogP contribution in [-0.2, 0) is 9.59 Å². The van der Waals surface area contributed by atoms with E-state index in [9.17, 15) is 9.59 Å². The molecule has 1 rings (SSSR count). The van der Waals surface area contributed by atoms with Crippen LogP contribution in [0.3, 0.4) is 0 Å². The summed E-state index contributed by atoms with van der Waals surface area (Å²) >= 11 is 0. The highest BCUT2D eigenvalue weighted by molar-refractivity contribution is 6.11. The van der Waals surface area contributed by atoms with Crippen molar-refractivity contribution in [1.82, 2.24) is 5.32 Å². The molecule has 1 aliphatic rings. The fourth-order valence-corrected chi connectivity index (χ4v) is 0.558. The molecule has 0 saturated carbocycles. The minimum atomic E-state index is -1.22. The Morgan fingerprint density at radius 2 is 1.67 bits per heavy atom. The van der Waals surface area contributed by atoms with Gasteiger partial charge in [0.1, 0.15) is 0 Å². The molecule has 0 aromatic rings. The molecule has 0 bridgehead atoms. The van der Waals surface area contributed by atoms with Gasteiger partial charge in [0.15, 0.2) is 5.54 Å². The Kier molecular flexibility index (Phi) is 0.967. The lowest BCUT2D eigenvalue weighted by Crippen LogP contribution is -2.46. The van der Waals surface area contributed by atoms with Crippen LogP contribution in [0, 0.1) is 0 Å². The van der Waals surface area contributed by atoms with Crippen LogP contribution >= 0.6 is 0 Å². The third-order valence-electron chi connectivity index (χ3n) is 1.37. The zero-order chi connectivity index (χ0) is 7.07. The minimum Gasteiger partial charge on any atom is -0.368 e. The summed E-state index contributed by atoms with van der Waals surface area (Å²) in [6.07, 6.45) is 0. The van der Waals surface area contributed by atoms with E-state index in [-0.39, 0.29) is 6.54 Å². The van der Waals surface area contributed by atoms with E-state index in [1.54, 1.807) is 0 Å². The second kappa shape index (κ2) is 1.44. The first-order valence-electron chi connectivity index (χ1n) is 2.44. The molecule has 1 fully saturated rings. The molecule has 0 unspecified atom stereocenters. The molecule has 0 atom stereocenters. The van der Waals surface area contributed by atoms with Gasteiger partial charge < -0.3 is 11.5 Å². The fourth-order valence-electron chi connectivity index (χ4n) is 0.558. The summed E-state index contributed by atoms with van der Waals surface area (Å²) in [5.41, 5.74) is 8.44. The number of rotatable bonds is 2.